The first-order valence-electron chi connectivity index (χ1n) is 5.75. The molecule has 1 aromatic carbocycles. The number of rotatable bonds is 4. The number of carbonyl (C=O) groups excluding carboxylic acids is 2. The van der Waals surface area contributed by atoms with Gasteiger partial charge >= 0.3 is 0 Å². The van der Waals surface area contributed by atoms with E-state index in [0.29, 0.717) is 10.0 Å². The van der Waals surface area contributed by atoms with Crippen LogP contribution in [0, 0.1) is 5.92 Å². The van der Waals surface area contributed by atoms with Gasteiger partial charge in [-0.2, -0.15) is 10.2 Å². The molecular weight excluding hydrogens is 344 g/mol. The van der Waals surface area contributed by atoms with Gasteiger partial charge in [-0.25, -0.2) is 10.9 Å². The minimum absolute atomic E-state index is 0.0301. The molecule has 0 spiro atoms. The summed E-state index contributed by atoms with van der Waals surface area (Å²) in [5.74, 6) is -1.84. The molecule has 2 amide bonds. The normalized spacial score (nSPS) is 17.0. The second-order valence-corrected chi connectivity index (χ2v) is 4.87. The van der Waals surface area contributed by atoms with Gasteiger partial charge in [0.2, 0.25) is 0 Å². The summed E-state index contributed by atoms with van der Waals surface area (Å²) in [7, 11) is 1.42. The Labute approximate surface area is 128 Å². The number of phenolic OH excluding ortho intramolecular Hbond substituents is 1. The first-order chi connectivity index (χ1) is 10.0. The molecule has 0 radical (unpaired) electrons. The van der Waals surface area contributed by atoms with E-state index in [1.165, 1.54) is 19.5 Å². The van der Waals surface area contributed by atoms with Crippen LogP contribution in [0.4, 0.5) is 0 Å². The third-order valence-corrected chi connectivity index (χ3v) is 3.23. The second-order valence-electron chi connectivity index (χ2n) is 4.02. The van der Waals surface area contributed by atoms with Gasteiger partial charge in [0.25, 0.3) is 11.8 Å². The van der Waals surface area contributed by atoms with E-state index in [-0.39, 0.29) is 11.5 Å². The molecule has 0 bridgehead atoms. The van der Waals surface area contributed by atoms with Crippen LogP contribution >= 0.6 is 15.9 Å². The summed E-state index contributed by atoms with van der Waals surface area (Å²) in [6.45, 7) is 0. The van der Waals surface area contributed by atoms with Crippen LogP contribution in [0.15, 0.2) is 26.8 Å². The summed E-state index contributed by atoms with van der Waals surface area (Å²) < 4.78 is 5.42. The quantitative estimate of drug-likeness (QED) is 0.411. The lowest BCUT2D eigenvalue weighted by atomic mass is 10.1. The Bertz CT molecular complexity index is 644. The molecule has 0 unspecified atom stereocenters. The molecule has 110 valence electrons. The fourth-order valence-corrected chi connectivity index (χ4v) is 2.02. The second kappa shape index (κ2) is 6.35. The van der Waals surface area contributed by atoms with E-state index >= 15 is 0 Å². The highest BCUT2D eigenvalue weighted by molar-refractivity contribution is 9.10. The molecule has 1 aliphatic rings. The van der Waals surface area contributed by atoms with Crippen LogP contribution in [0.5, 0.6) is 11.5 Å². The maximum atomic E-state index is 11.6. The number of aromatic hydroxyl groups is 1. The maximum Gasteiger partial charge on any atom is 0.258 e. The summed E-state index contributed by atoms with van der Waals surface area (Å²) in [6.07, 6.45) is 2.56. The van der Waals surface area contributed by atoms with Crippen LogP contribution in [0.25, 0.3) is 0 Å². The molecule has 1 aromatic rings. The molecular formula is C12H11BrN4O4. The number of halogens is 1. The average Bonchev–Trinajstić information content (AvgIpc) is 2.88. The zero-order valence-electron chi connectivity index (χ0n) is 10.8. The molecule has 0 fully saturated rings. The standard InChI is InChI=1S/C12H11BrN4O4/c1-21-9-3-6(2-8(13)10(9)18)4-14-16-11(19)7-5-15-17-12(7)20/h2-5,7,18H,1H3,(H,16,19)(H,17,20)/b14-4+/t7-/m1/s1. The highest BCUT2D eigenvalue weighted by atomic mass is 79.9. The molecule has 0 saturated carbocycles. The fourth-order valence-electron chi connectivity index (χ4n) is 1.56. The number of benzene rings is 1. The number of phenols is 1. The van der Waals surface area contributed by atoms with Crippen molar-refractivity contribution in [2.45, 2.75) is 0 Å². The van der Waals surface area contributed by atoms with Crippen LogP contribution in [-0.4, -0.2) is 36.5 Å². The number of carbonyl (C=O) groups is 2. The van der Waals surface area contributed by atoms with E-state index in [2.05, 4.69) is 37.0 Å². The van der Waals surface area contributed by atoms with Gasteiger partial charge < -0.3 is 9.84 Å². The number of hydrogen-bond donors (Lipinski definition) is 3. The molecule has 8 nitrogen and oxygen atoms in total. The maximum absolute atomic E-state index is 11.6. The highest BCUT2D eigenvalue weighted by Crippen LogP contribution is 2.34. The molecule has 3 N–H and O–H groups in total. The van der Waals surface area contributed by atoms with Gasteiger partial charge in [-0.05, 0) is 33.6 Å². The van der Waals surface area contributed by atoms with Crippen LogP contribution < -0.4 is 15.6 Å². The van der Waals surface area contributed by atoms with Gasteiger partial charge in [0.15, 0.2) is 17.4 Å². The van der Waals surface area contributed by atoms with Crippen LogP contribution in [0.2, 0.25) is 0 Å². The first-order valence-corrected chi connectivity index (χ1v) is 6.54. The van der Waals surface area contributed by atoms with Gasteiger partial charge in [0.1, 0.15) is 0 Å². The summed E-state index contributed by atoms with van der Waals surface area (Å²) in [6, 6.07) is 3.14. The topological polar surface area (TPSA) is 112 Å². The molecule has 2 rings (SSSR count). The van der Waals surface area contributed by atoms with Crippen molar-refractivity contribution in [3.63, 3.8) is 0 Å². The van der Waals surface area contributed by atoms with Crippen molar-refractivity contribution in [1.29, 1.82) is 0 Å². The number of nitrogens with one attached hydrogen (secondary N) is 2. The van der Waals surface area contributed by atoms with E-state index in [0.717, 1.165) is 0 Å². The predicted molar refractivity (Wildman–Crippen MR) is 78.2 cm³/mol. The average molecular weight is 355 g/mol. The van der Waals surface area contributed by atoms with E-state index in [1.807, 2.05) is 0 Å². The highest BCUT2D eigenvalue weighted by Gasteiger charge is 2.28. The van der Waals surface area contributed by atoms with E-state index in [1.54, 1.807) is 12.1 Å². The molecule has 1 atom stereocenters. The van der Waals surface area contributed by atoms with Gasteiger partial charge in [0.05, 0.1) is 17.8 Å². The molecule has 1 aliphatic heterocycles. The Morgan fingerprint density at radius 1 is 1.62 bits per heavy atom. The third-order valence-electron chi connectivity index (χ3n) is 2.62. The van der Waals surface area contributed by atoms with Crippen molar-refractivity contribution in [1.82, 2.24) is 10.9 Å². The Kier molecular flexibility index (Phi) is 4.53. The van der Waals surface area contributed by atoms with Crippen molar-refractivity contribution in [2.24, 2.45) is 16.1 Å². The number of methoxy groups -OCH3 is 1. The minimum atomic E-state index is -0.983. The lowest BCUT2D eigenvalue weighted by Gasteiger charge is -2.06. The summed E-state index contributed by atoms with van der Waals surface area (Å²) in [5, 5.41) is 16.9. The van der Waals surface area contributed by atoms with Gasteiger partial charge in [0, 0.05) is 6.21 Å². The molecule has 1 heterocycles. The van der Waals surface area contributed by atoms with Crippen molar-refractivity contribution < 1.29 is 19.4 Å². The van der Waals surface area contributed by atoms with Crippen LogP contribution in [0.3, 0.4) is 0 Å². The Hall–Kier alpha value is -2.42. The van der Waals surface area contributed by atoms with Crippen molar-refractivity contribution in [3.05, 3.63) is 22.2 Å². The van der Waals surface area contributed by atoms with Gasteiger partial charge in [-0.15, -0.1) is 0 Å². The Morgan fingerprint density at radius 2 is 2.38 bits per heavy atom. The molecule has 0 aromatic heterocycles. The molecule has 21 heavy (non-hydrogen) atoms. The van der Waals surface area contributed by atoms with E-state index < -0.39 is 17.7 Å². The Balaban J connectivity index is 2.05. The van der Waals surface area contributed by atoms with Gasteiger partial charge in [-0.3, -0.25) is 9.59 Å². The lowest BCUT2D eigenvalue weighted by Crippen LogP contribution is -2.34. The predicted octanol–water partition coefficient (Wildman–Crippen LogP) is 0.345. The van der Waals surface area contributed by atoms with Crippen molar-refractivity contribution in [2.75, 3.05) is 7.11 Å². The smallest absolute Gasteiger partial charge is 0.258 e. The number of amides is 2. The van der Waals surface area contributed by atoms with Crippen molar-refractivity contribution >= 4 is 40.2 Å². The Morgan fingerprint density at radius 3 is 3.00 bits per heavy atom. The summed E-state index contributed by atoms with van der Waals surface area (Å²) in [5.41, 5.74) is 4.97. The number of ether oxygens (including phenoxy) is 1. The van der Waals surface area contributed by atoms with Gasteiger partial charge in [-0.1, -0.05) is 0 Å². The first kappa shape index (κ1) is 15.0. The van der Waals surface area contributed by atoms with E-state index in [9.17, 15) is 14.7 Å². The monoisotopic (exact) mass is 354 g/mol. The molecule has 0 saturated heterocycles. The summed E-state index contributed by atoms with van der Waals surface area (Å²) >= 11 is 3.17. The van der Waals surface area contributed by atoms with Crippen molar-refractivity contribution in [3.8, 4) is 11.5 Å². The largest absolute Gasteiger partial charge is 0.503 e. The number of hydrogen-bond acceptors (Lipinski definition) is 6. The van der Waals surface area contributed by atoms with Crippen LogP contribution in [-0.2, 0) is 9.59 Å². The molecule has 9 heteroatoms. The van der Waals surface area contributed by atoms with E-state index in [4.69, 9.17) is 4.74 Å². The lowest BCUT2D eigenvalue weighted by molar-refractivity contribution is -0.131. The fraction of sp³-hybridized carbons (Fsp3) is 0.167. The zero-order chi connectivity index (χ0) is 15.4. The zero-order valence-corrected chi connectivity index (χ0v) is 12.4. The molecule has 0 aliphatic carbocycles. The number of hydrazone groups is 2. The van der Waals surface area contributed by atoms with Crippen LogP contribution in [0.1, 0.15) is 5.56 Å². The SMILES string of the molecule is COc1cc(/C=N/NC(=O)[C@H]2C=NNC2=O)cc(Br)c1O. The summed E-state index contributed by atoms with van der Waals surface area (Å²) in [4.78, 5) is 22.9. The minimum Gasteiger partial charge on any atom is -0.503 e. The number of nitrogens with zero attached hydrogens (tertiary/aromatic N) is 2. The third kappa shape index (κ3) is 3.37.